The van der Waals surface area contributed by atoms with E-state index in [1.165, 1.54) is 64.2 Å². The van der Waals surface area contributed by atoms with E-state index in [4.69, 9.17) is 0 Å². The zero-order valence-corrected chi connectivity index (χ0v) is 22.0. The highest BCUT2D eigenvalue weighted by Crippen LogP contribution is 2.55. The fraction of sp³-hybridized carbons (Fsp3) is 0.769. The predicted octanol–water partition coefficient (Wildman–Crippen LogP) is 9.09. The Morgan fingerprint density at radius 1 is 0.625 bits per heavy atom. The van der Waals surface area contributed by atoms with Crippen molar-refractivity contribution in [3.05, 3.63) is 29.3 Å². The van der Waals surface area contributed by atoms with Crippen LogP contribution in [0.4, 0.5) is 17.3 Å². The molecule has 0 spiro atoms. The highest BCUT2D eigenvalue weighted by atomic mass is 31.1. The Morgan fingerprint density at radius 3 is 1.22 bits per heavy atom. The third kappa shape index (κ3) is 9.00. The maximum Gasteiger partial charge on any atom is 0.673 e. The van der Waals surface area contributed by atoms with E-state index in [-0.39, 0.29) is 10.8 Å². The van der Waals surface area contributed by atoms with Crippen molar-refractivity contribution in [1.29, 1.82) is 0 Å². The maximum atomic E-state index is 9.75. The van der Waals surface area contributed by atoms with E-state index in [9.17, 15) is 17.3 Å². The van der Waals surface area contributed by atoms with Crippen LogP contribution in [0.5, 0.6) is 0 Å². The molecule has 1 aromatic rings. The molecule has 1 aromatic carbocycles. The number of halogens is 4. The summed E-state index contributed by atoms with van der Waals surface area (Å²) in [6.45, 7) is 14.4. The van der Waals surface area contributed by atoms with Gasteiger partial charge in [0.25, 0.3) is 0 Å². The Bertz CT molecular complexity index is 650. The maximum absolute atomic E-state index is 9.75. The van der Waals surface area contributed by atoms with Gasteiger partial charge >= 0.3 is 7.25 Å². The zero-order chi connectivity index (χ0) is 24.2. The molecule has 2 aliphatic rings. The summed E-state index contributed by atoms with van der Waals surface area (Å²) in [4.78, 5) is 0. The molecule has 6 heteroatoms. The van der Waals surface area contributed by atoms with Crippen LogP contribution in [0.25, 0.3) is 0 Å². The van der Waals surface area contributed by atoms with Crippen molar-refractivity contribution in [3.63, 3.8) is 0 Å². The first kappa shape index (κ1) is 27.7. The Balaban J connectivity index is 0.000000654. The lowest BCUT2D eigenvalue weighted by molar-refractivity contribution is 0.368. The van der Waals surface area contributed by atoms with Crippen molar-refractivity contribution in [2.24, 2.45) is 0 Å². The van der Waals surface area contributed by atoms with E-state index in [0.29, 0.717) is 0 Å². The summed E-state index contributed by atoms with van der Waals surface area (Å²) in [7, 11) is -6.49. The molecule has 2 fully saturated rings. The van der Waals surface area contributed by atoms with Crippen molar-refractivity contribution in [2.45, 2.75) is 128 Å². The average Bonchev–Trinajstić information content (AvgIpc) is 2.67. The highest BCUT2D eigenvalue weighted by Gasteiger charge is 2.40. The highest BCUT2D eigenvalue weighted by molar-refractivity contribution is 7.67. The smallest absolute Gasteiger partial charge is 0.418 e. The van der Waals surface area contributed by atoms with E-state index in [1.54, 1.807) is 16.4 Å². The normalized spacial score (nSPS) is 19.6. The van der Waals surface area contributed by atoms with Crippen LogP contribution < -0.4 is 5.30 Å². The lowest BCUT2D eigenvalue weighted by Gasteiger charge is -2.34. The molecule has 0 heterocycles. The lowest BCUT2D eigenvalue weighted by Crippen LogP contribution is -2.28. The summed E-state index contributed by atoms with van der Waals surface area (Å²) in [5.41, 5.74) is 5.66. The van der Waals surface area contributed by atoms with Gasteiger partial charge in [-0.2, -0.15) is 0 Å². The molecule has 0 unspecified atom stereocenters. The lowest BCUT2D eigenvalue weighted by atomic mass is 9.81. The monoisotopic (exact) mass is 474 g/mol. The minimum atomic E-state index is -6.00. The molecule has 0 aromatic heterocycles. The molecule has 32 heavy (non-hydrogen) atoms. The van der Waals surface area contributed by atoms with Crippen LogP contribution in [-0.4, -0.2) is 18.6 Å². The SMILES string of the molecule is CC(C)(C)c1cc([PH+](C2CCCCC2)C2CCCCC2)cc(C(C)(C)C)c1.F[B-](F)(F)F. The molecule has 0 atom stereocenters. The van der Waals surface area contributed by atoms with Gasteiger partial charge < -0.3 is 17.3 Å². The minimum Gasteiger partial charge on any atom is -0.418 e. The zero-order valence-electron chi connectivity index (χ0n) is 21.0. The molecular weight excluding hydrogens is 430 g/mol. The third-order valence-electron chi connectivity index (χ3n) is 7.09. The molecule has 2 saturated carbocycles. The Labute approximate surface area is 195 Å². The van der Waals surface area contributed by atoms with Gasteiger partial charge in [-0.25, -0.2) is 0 Å². The summed E-state index contributed by atoms with van der Waals surface area (Å²) in [6, 6.07) is 7.84. The average molecular weight is 474 g/mol. The number of rotatable bonds is 3. The summed E-state index contributed by atoms with van der Waals surface area (Å²) >= 11 is 0. The molecule has 0 saturated heterocycles. The first-order valence-corrected chi connectivity index (χ1v) is 14.2. The summed E-state index contributed by atoms with van der Waals surface area (Å²) < 4.78 is 39.0. The van der Waals surface area contributed by atoms with Gasteiger partial charge in [0.15, 0.2) is 0 Å². The summed E-state index contributed by atoms with van der Waals surface area (Å²) in [5, 5.41) is 1.79. The van der Waals surface area contributed by atoms with E-state index in [1.807, 2.05) is 0 Å². The molecule has 0 nitrogen and oxygen atoms in total. The van der Waals surface area contributed by atoms with Gasteiger partial charge in [-0.3, -0.25) is 0 Å². The molecule has 0 aliphatic heterocycles. The fourth-order valence-electron chi connectivity index (χ4n) is 5.29. The molecule has 2 aliphatic carbocycles. The van der Waals surface area contributed by atoms with E-state index in [2.05, 4.69) is 59.7 Å². The molecule has 0 bridgehead atoms. The second-order valence-electron chi connectivity index (χ2n) is 11.9. The quantitative estimate of drug-likeness (QED) is 0.233. The molecule has 0 radical (unpaired) electrons. The molecule has 0 N–H and O–H groups in total. The van der Waals surface area contributed by atoms with Gasteiger partial charge in [0.2, 0.25) is 0 Å². The standard InChI is InChI=1S/C26H43P.BF4/c1-25(2,3)20-17-21(26(4,5)6)19-24(18-20)27(22-13-9-7-10-14-22)23-15-11-8-12-16-23;2-1(3,4)5/h17-19,22-23H,7-16H2,1-6H3;/q;-1/p+1. The van der Waals surface area contributed by atoms with Crippen LogP contribution in [-0.2, 0) is 10.8 Å². The minimum absolute atomic E-state index is 0.238. The van der Waals surface area contributed by atoms with Crippen molar-refractivity contribution in [3.8, 4) is 0 Å². The van der Waals surface area contributed by atoms with E-state index < -0.39 is 15.2 Å². The van der Waals surface area contributed by atoms with Crippen molar-refractivity contribution in [1.82, 2.24) is 0 Å². The second-order valence-corrected chi connectivity index (χ2v) is 15.0. The Morgan fingerprint density at radius 2 is 0.938 bits per heavy atom. The van der Waals surface area contributed by atoms with E-state index >= 15 is 0 Å². The second kappa shape index (κ2) is 11.2. The fourth-order valence-corrected chi connectivity index (χ4v) is 9.61. The molecule has 0 amide bonds. The molecule has 184 valence electrons. The first-order valence-electron chi connectivity index (χ1n) is 12.6. The predicted molar refractivity (Wildman–Crippen MR) is 136 cm³/mol. The number of hydrogen-bond donors (Lipinski definition) is 0. The van der Waals surface area contributed by atoms with Crippen molar-refractivity contribution < 1.29 is 17.3 Å². The topological polar surface area (TPSA) is 0 Å². The van der Waals surface area contributed by atoms with Crippen LogP contribution in [0.15, 0.2) is 18.2 Å². The largest absolute Gasteiger partial charge is 0.673 e. The Kier molecular flexibility index (Phi) is 9.72. The van der Waals surface area contributed by atoms with Gasteiger partial charge in [0.05, 0.1) is 16.6 Å². The van der Waals surface area contributed by atoms with Crippen LogP contribution in [0.3, 0.4) is 0 Å². The molecular formula is C26H44BF4P. The van der Waals surface area contributed by atoms with Gasteiger partial charge in [0.1, 0.15) is 0 Å². The van der Waals surface area contributed by atoms with Crippen molar-refractivity contribution in [2.75, 3.05) is 0 Å². The van der Waals surface area contributed by atoms with Crippen molar-refractivity contribution >= 4 is 20.5 Å². The van der Waals surface area contributed by atoms with Crippen LogP contribution >= 0.6 is 7.92 Å². The van der Waals surface area contributed by atoms with Gasteiger partial charge in [-0.15, -0.1) is 0 Å². The van der Waals surface area contributed by atoms with E-state index in [0.717, 1.165) is 11.3 Å². The third-order valence-corrected chi connectivity index (χ3v) is 11.0. The van der Waals surface area contributed by atoms with Gasteiger partial charge in [-0.05, 0) is 85.5 Å². The van der Waals surface area contributed by atoms with Gasteiger partial charge in [0, 0.05) is 7.92 Å². The Hall–Kier alpha value is -0.565. The number of hydrogen-bond acceptors (Lipinski definition) is 0. The van der Waals surface area contributed by atoms with Crippen LogP contribution in [0.1, 0.15) is 117 Å². The van der Waals surface area contributed by atoms with Crippen LogP contribution in [0, 0.1) is 0 Å². The summed E-state index contributed by atoms with van der Waals surface area (Å²) in [5.74, 6) is 0. The van der Waals surface area contributed by atoms with Crippen LogP contribution in [0.2, 0.25) is 0 Å². The molecule has 3 rings (SSSR count). The first-order chi connectivity index (χ1) is 14.7. The summed E-state index contributed by atoms with van der Waals surface area (Å²) in [6.07, 6.45) is 14.9. The number of benzene rings is 1. The van der Waals surface area contributed by atoms with Gasteiger partial charge in [-0.1, -0.05) is 60.5 Å².